The molecule has 30 heavy (non-hydrogen) atoms. The Balaban J connectivity index is 2.33. The number of rotatable bonds is 8. The lowest BCUT2D eigenvalue weighted by Gasteiger charge is -2.08. The largest absolute Gasteiger partial charge is 0.462 e. The van der Waals surface area contributed by atoms with Crippen molar-refractivity contribution in [1.29, 1.82) is 0 Å². The highest BCUT2D eigenvalue weighted by Gasteiger charge is 2.28. The highest BCUT2D eigenvalue weighted by molar-refractivity contribution is 9.10. The van der Waals surface area contributed by atoms with E-state index in [1.807, 2.05) is 0 Å². The third-order valence-electron chi connectivity index (χ3n) is 4.00. The summed E-state index contributed by atoms with van der Waals surface area (Å²) in [6.45, 7) is 6.24. The van der Waals surface area contributed by atoms with Gasteiger partial charge in [0.15, 0.2) is 0 Å². The molecule has 0 spiro atoms. The third-order valence-corrected chi connectivity index (χ3v) is 6.17. The molecule has 0 bridgehead atoms. The number of alkyl halides is 2. The quantitative estimate of drug-likeness (QED) is 0.536. The average molecular weight is 508 g/mol. The van der Waals surface area contributed by atoms with Crippen LogP contribution in [0.1, 0.15) is 57.3 Å². The van der Waals surface area contributed by atoms with Gasteiger partial charge in [-0.2, -0.15) is 5.10 Å². The third kappa shape index (κ3) is 5.04. The van der Waals surface area contributed by atoms with Gasteiger partial charge in [-0.05, 0) is 49.2 Å². The number of anilines is 1. The van der Waals surface area contributed by atoms with E-state index in [9.17, 15) is 23.2 Å². The van der Waals surface area contributed by atoms with Gasteiger partial charge in [0, 0.05) is 0 Å². The smallest absolute Gasteiger partial charge is 0.348 e. The summed E-state index contributed by atoms with van der Waals surface area (Å²) < 4.78 is 37.3. The number of carbonyl (C=O) groups is 3. The summed E-state index contributed by atoms with van der Waals surface area (Å²) in [5, 5.41) is 6.41. The van der Waals surface area contributed by atoms with E-state index in [1.165, 1.54) is 6.92 Å². The van der Waals surface area contributed by atoms with Crippen molar-refractivity contribution in [1.82, 2.24) is 9.78 Å². The molecule has 0 atom stereocenters. The van der Waals surface area contributed by atoms with Crippen molar-refractivity contribution in [3.8, 4) is 0 Å². The van der Waals surface area contributed by atoms with Crippen molar-refractivity contribution >= 4 is 50.1 Å². The molecule has 0 unspecified atom stereocenters. The SMILES string of the molecule is CCOC(=O)c1sc(NC(=O)Cn2nc(C(F)F)c(Br)c2C)c(C(=O)OCC)c1C. The molecule has 0 radical (unpaired) electrons. The second-order valence-electron chi connectivity index (χ2n) is 5.99. The van der Waals surface area contributed by atoms with Gasteiger partial charge in [-0.3, -0.25) is 9.48 Å². The van der Waals surface area contributed by atoms with Gasteiger partial charge >= 0.3 is 11.9 Å². The van der Waals surface area contributed by atoms with Gasteiger partial charge in [-0.15, -0.1) is 11.3 Å². The van der Waals surface area contributed by atoms with Crippen LogP contribution in [0.25, 0.3) is 0 Å². The highest BCUT2D eigenvalue weighted by atomic mass is 79.9. The Morgan fingerprint density at radius 2 is 1.77 bits per heavy atom. The first-order valence-corrected chi connectivity index (χ1v) is 10.5. The van der Waals surface area contributed by atoms with Gasteiger partial charge in [-0.25, -0.2) is 18.4 Å². The minimum absolute atomic E-state index is 0.0462. The number of carbonyl (C=O) groups excluding carboxylic acids is 3. The molecule has 164 valence electrons. The molecule has 2 heterocycles. The number of nitrogens with zero attached hydrogens (tertiary/aromatic N) is 2. The van der Waals surface area contributed by atoms with Crippen molar-refractivity contribution < 1.29 is 32.6 Å². The Bertz CT molecular complexity index is 974. The van der Waals surface area contributed by atoms with Crippen molar-refractivity contribution in [3.63, 3.8) is 0 Å². The number of thiophene rings is 1. The van der Waals surface area contributed by atoms with Crippen molar-refractivity contribution in [2.75, 3.05) is 18.5 Å². The minimum Gasteiger partial charge on any atom is -0.462 e. The van der Waals surface area contributed by atoms with E-state index in [0.717, 1.165) is 16.0 Å². The van der Waals surface area contributed by atoms with Crippen LogP contribution in [0, 0.1) is 13.8 Å². The maximum Gasteiger partial charge on any atom is 0.348 e. The zero-order chi connectivity index (χ0) is 22.6. The molecule has 0 aromatic carbocycles. The minimum atomic E-state index is -2.80. The van der Waals surface area contributed by atoms with Gasteiger partial charge in [0.2, 0.25) is 5.91 Å². The van der Waals surface area contributed by atoms with Gasteiger partial charge in [0.1, 0.15) is 22.1 Å². The lowest BCUT2D eigenvalue weighted by Crippen LogP contribution is -2.21. The summed E-state index contributed by atoms with van der Waals surface area (Å²) in [4.78, 5) is 37.2. The number of nitrogens with one attached hydrogen (secondary N) is 1. The number of ether oxygens (including phenoxy) is 2. The molecule has 0 aliphatic heterocycles. The van der Waals surface area contributed by atoms with Crippen LogP contribution in [0.15, 0.2) is 4.47 Å². The van der Waals surface area contributed by atoms with Crippen LogP contribution in [0.5, 0.6) is 0 Å². The van der Waals surface area contributed by atoms with Gasteiger partial charge in [-0.1, -0.05) is 0 Å². The first-order valence-electron chi connectivity index (χ1n) is 8.90. The van der Waals surface area contributed by atoms with Gasteiger partial charge in [0.05, 0.1) is 28.9 Å². The molecule has 1 N–H and O–H groups in total. The molecular formula is C18H20BrF2N3O5S. The monoisotopic (exact) mass is 507 g/mol. The van der Waals surface area contributed by atoms with Crippen LogP contribution in [0.3, 0.4) is 0 Å². The van der Waals surface area contributed by atoms with E-state index >= 15 is 0 Å². The highest BCUT2D eigenvalue weighted by Crippen LogP contribution is 2.34. The Labute approximate surface area is 183 Å². The number of aromatic nitrogens is 2. The number of amides is 1. The first kappa shape index (κ1) is 23.9. The summed E-state index contributed by atoms with van der Waals surface area (Å²) >= 11 is 3.92. The summed E-state index contributed by atoms with van der Waals surface area (Å²) in [5.41, 5.74) is 0.250. The Morgan fingerprint density at radius 1 is 1.17 bits per heavy atom. The average Bonchev–Trinajstić information content (AvgIpc) is 3.13. The molecule has 0 fully saturated rings. The predicted octanol–water partition coefficient (Wildman–Crippen LogP) is 4.25. The second-order valence-corrected chi connectivity index (χ2v) is 7.81. The fourth-order valence-electron chi connectivity index (χ4n) is 2.59. The molecule has 0 aliphatic carbocycles. The summed E-state index contributed by atoms with van der Waals surface area (Å²) in [7, 11) is 0. The first-order chi connectivity index (χ1) is 14.1. The predicted molar refractivity (Wildman–Crippen MR) is 109 cm³/mol. The Hall–Kier alpha value is -2.34. The second kappa shape index (κ2) is 10.1. The van der Waals surface area contributed by atoms with E-state index in [-0.39, 0.29) is 39.7 Å². The summed E-state index contributed by atoms with van der Waals surface area (Å²) in [6, 6.07) is 0. The molecule has 8 nitrogen and oxygen atoms in total. The zero-order valence-electron chi connectivity index (χ0n) is 16.7. The summed E-state index contributed by atoms with van der Waals surface area (Å²) in [6.07, 6.45) is -2.80. The van der Waals surface area contributed by atoms with E-state index < -0.39 is 30.0 Å². The van der Waals surface area contributed by atoms with Gasteiger partial charge in [0.25, 0.3) is 6.43 Å². The molecule has 2 rings (SSSR count). The molecule has 12 heteroatoms. The van der Waals surface area contributed by atoms with E-state index in [1.54, 1.807) is 20.8 Å². The van der Waals surface area contributed by atoms with Crippen LogP contribution in [-0.2, 0) is 20.8 Å². The van der Waals surface area contributed by atoms with Crippen molar-refractivity contribution in [2.45, 2.75) is 40.7 Å². The van der Waals surface area contributed by atoms with Crippen molar-refractivity contribution in [3.05, 3.63) is 31.9 Å². The van der Waals surface area contributed by atoms with E-state index in [4.69, 9.17) is 9.47 Å². The molecule has 2 aromatic rings. The molecule has 0 saturated carbocycles. The number of esters is 2. The lowest BCUT2D eigenvalue weighted by atomic mass is 10.1. The van der Waals surface area contributed by atoms with Crippen molar-refractivity contribution in [2.24, 2.45) is 0 Å². The van der Waals surface area contributed by atoms with Crippen LogP contribution >= 0.6 is 27.3 Å². The van der Waals surface area contributed by atoms with E-state index in [0.29, 0.717) is 11.3 Å². The van der Waals surface area contributed by atoms with E-state index in [2.05, 4.69) is 26.3 Å². The fourth-order valence-corrected chi connectivity index (χ4v) is 4.15. The molecule has 2 aromatic heterocycles. The molecule has 1 amide bonds. The Kier molecular flexibility index (Phi) is 8.07. The number of hydrogen-bond donors (Lipinski definition) is 1. The maximum atomic E-state index is 13.0. The molecule has 0 saturated heterocycles. The lowest BCUT2D eigenvalue weighted by molar-refractivity contribution is -0.116. The fraction of sp³-hybridized carbons (Fsp3) is 0.444. The number of halogens is 3. The van der Waals surface area contributed by atoms with Crippen LogP contribution in [0.4, 0.5) is 13.8 Å². The maximum absolute atomic E-state index is 13.0. The van der Waals surface area contributed by atoms with Crippen LogP contribution < -0.4 is 5.32 Å². The Morgan fingerprint density at radius 3 is 2.30 bits per heavy atom. The standard InChI is InChI=1S/C18H20BrF2N3O5S/c1-5-28-17(26)11-8(3)14(18(27)29-6-2)30-16(11)22-10(25)7-24-9(4)12(19)13(23-24)15(20)21/h15H,5-7H2,1-4H3,(H,22,25). The zero-order valence-corrected chi connectivity index (χ0v) is 19.1. The summed E-state index contributed by atoms with van der Waals surface area (Å²) in [5.74, 6) is -1.94. The van der Waals surface area contributed by atoms with Crippen LogP contribution in [-0.4, -0.2) is 40.8 Å². The normalized spacial score (nSPS) is 10.9. The topological polar surface area (TPSA) is 99.5 Å². The number of hydrogen-bond acceptors (Lipinski definition) is 7. The molecule has 0 aliphatic rings. The van der Waals surface area contributed by atoms with Crippen LogP contribution in [0.2, 0.25) is 0 Å². The van der Waals surface area contributed by atoms with Gasteiger partial charge < -0.3 is 14.8 Å². The molecular weight excluding hydrogens is 488 g/mol.